The van der Waals surface area contributed by atoms with E-state index in [9.17, 15) is 0 Å². The molecule has 0 amide bonds. The van der Waals surface area contributed by atoms with Gasteiger partial charge < -0.3 is 0 Å². The van der Waals surface area contributed by atoms with E-state index in [0.29, 0.717) is 0 Å². The highest BCUT2D eigenvalue weighted by molar-refractivity contribution is 9.10. The fraction of sp³-hybridized carbons (Fsp3) is 0.100. The number of nitrogens with one attached hydrogen (secondary N) is 1. The molecule has 0 aromatic heterocycles. The van der Waals surface area contributed by atoms with E-state index in [1.807, 2.05) is 6.07 Å². The first kappa shape index (κ1) is 15.2. The molecule has 1 N–H and O–H groups in total. The highest BCUT2D eigenvalue weighted by Crippen LogP contribution is 2.34. The Kier molecular flexibility index (Phi) is 4.24. The van der Waals surface area contributed by atoms with E-state index in [1.165, 1.54) is 16.9 Å². The quantitative estimate of drug-likeness (QED) is 0.695. The molecule has 3 aromatic rings. The lowest BCUT2D eigenvalue weighted by Gasteiger charge is -2.34. The number of benzene rings is 3. The lowest BCUT2D eigenvalue weighted by atomic mass is 10.1. The number of rotatable bonds is 3. The molecule has 1 fully saturated rings. The zero-order valence-corrected chi connectivity index (χ0v) is 14.7. The van der Waals surface area contributed by atoms with Crippen molar-refractivity contribution in [3.8, 4) is 0 Å². The van der Waals surface area contributed by atoms with E-state index < -0.39 is 0 Å². The van der Waals surface area contributed by atoms with Gasteiger partial charge in [-0.1, -0.05) is 64.5 Å². The Morgan fingerprint density at radius 3 is 1.96 bits per heavy atom. The summed E-state index contributed by atoms with van der Waals surface area (Å²) in [4.78, 5) is 0. The summed E-state index contributed by atoms with van der Waals surface area (Å²) in [5.74, 6) is 0. The Balaban J connectivity index is 1.76. The van der Waals surface area contributed by atoms with Crippen molar-refractivity contribution >= 4 is 27.3 Å². The van der Waals surface area contributed by atoms with Gasteiger partial charge in [-0.25, -0.2) is 0 Å². The number of hydrazine groups is 1. The van der Waals surface area contributed by atoms with Crippen LogP contribution >= 0.6 is 15.9 Å². The first-order chi connectivity index (χ1) is 11.8. The molecule has 0 spiro atoms. The largest absolute Gasteiger partial charge is 0.273 e. The Hall–Kier alpha value is -2.30. The number of halogens is 1. The second-order valence-corrected chi connectivity index (χ2v) is 6.65. The third-order valence-corrected chi connectivity index (χ3v) is 4.73. The van der Waals surface area contributed by atoms with Crippen LogP contribution in [-0.2, 0) is 0 Å². The summed E-state index contributed by atoms with van der Waals surface area (Å²) in [7, 11) is 0. The predicted molar refractivity (Wildman–Crippen MR) is 103 cm³/mol. The summed E-state index contributed by atoms with van der Waals surface area (Å²) in [6.45, 7) is 0.764. The maximum Gasteiger partial charge on any atom is 0.127 e. The van der Waals surface area contributed by atoms with Crippen LogP contribution in [0.1, 0.15) is 11.7 Å². The molecule has 1 aliphatic heterocycles. The van der Waals surface area contributed by atoms with Gasteiger partial charge in [0.15, 0.2) is 0 Å². The first-order valence-electron chi connectivity index (χ1n) is 7.98. The molecule has 4 rings (SSSR count). The summed E-state index contributed by atoms with van der Waals surface area (Å²) in [6, 6.07) is 29.5. The molecule has 120 valence electrons. The summed E-state index contributed by atoms with van der Waals surface area (Å²) < 4.78 is 1.09. The van der Waals surface area contributed by atoms with Crippen molar-refractivity contribution in [2.75, 3.05) is 16.7 Å². The Morgan fingerprint density at radius 2 is 1.33 bits per heavy atom. The third kappa shape index (κ3) is 2.90. The molecule has 1 heterocycles. The van der Waals surface area contributed by atoms with Crippen molar-refractivity contribution in [1.82, 2.24) is 5.32 Å². The highest BCUT2D eigenvalue weighted by Gasteiger charge is 2.32. The molecular formula is C20H18BrN3. The lowest BCUT2D eigenvalue weighted by molar-refractivity contribution is 0.642. The molecule has 24 heavy (non-hydrogen) atoms. The van der Waals surface area contributed by atoms with Crippen LogP contribution in [0.15, 0.2) is 89.4 Å². The van der Waals surface area contributed by atoms with E-state index in [2.05, 4.69) is 110 Å². The van der Waals surface area contributed by atoms with Gasteiger partial charge in [-0.15, -0.1) is 0 Å². The molecule has 4 heteroatoms. The molecular weight excluding hydrogens is 362 g/mol. The minimum Gasteiger partial charge on any atom is -0.273 e. The van der Waals surface area contributed by atoms with Crippen molar-refractivity contribution in [2.24, 2.45) is 0 Å². The molecule has 1 unspecified atom stereocenters. The molecule has 0 radical (unpaired) electrons. The van der Waals surface area contributed by atoms with E-state index in [4.69, 9.17) is 0 Å². The number of nitrogens with zero attached hydrogens (tertiary/aromatic N) is 2. The monoisotopic (exact) mass is 379 g/mol. The van der Waals surface area contributed by atoms with Gasteiger partial charge >= 0.3 is 0 Å². The van der Waals surface area contributed by atoms with Crippen LogP contribution in [0.3, 0.4) is 0 Å². The van der Waals surface area contributed by atoms with Crippen LogP contribution in [0.5, 0.6) is 0 Å². The minimum absolute atomic E-state index is 0.0979. The minimum atomic E-state index is 0.0979. The van der Waals surface area contributed by atoms with Crippen LogP contribution in [0, 0.1) is 0 Å². The molecule has 0 bridgehead atoms. The molecule has 1 atom stereocenters. The predicted octanol–water partition coefficient (Wildman–Crippen LogP) is 4.94. The van der Waals surface area contributed by atoms with Gasteiger partial charge in [0.05, 0.1) is 18.0 Å². The molecule has 0 aliphatic carbocycles. The van der Waals surface area contributed by atoms with E-state index in [0.717, 1.165) is 11.1 Å². The third-order valence-electron chi connectivity index (χ3n) is 4.20. The van der Waals surface area contributed by atoms with Crippen molar-refractivity contribution in [1.29, 1.82) is 0 Å². The van der Waals surface area contributed by atoms with Gasteiger partial charge in [-0.2, -0.15) is 0 Å². The van der Waals surface area contributed by atoms with Gasteiger partial charge in [0.1, 0.15) is 6.17 Å². The molecule has 3 aromatic carbocycles. The Labute approximate surface area is 150 Å². The number of para-hydroxylation sites is 2. The summed E-state index contributed by atoms with van der Waals surface area (Å²) in [5, 5.41) is 8.22. The lowest BCUT2D eigenvalue weighted by Crippen LogP contribution is -2.38. The Morgan fingerprint density at radius 1 is 0.750 bits per heavy atom. The SMILES string of the molecule is Brc1ccc(C2NCN(c3ccccc3)N2c2ccccc2)cc1. The van der Waals surface area contributed by atoms with Crippen LogP contribution in [0.4, 0.5) is 11.4 Å². The number of hydrogen-bond donors (Lipinski definition) is 1. The topological polar surface area (TPSA) is 18.5 Å². The van der Waals surface area contributed by atoms with Gasteiger partial charge in [0.2, 0.25) is 0 Å². The average Bonchev–Trinajstić information content (AvgIpc) is 3.09. The van der Waals surface area contributed by atoms with Gasteiger partial charge in [-0.05, 0) is 42.0 Å². The number of hydrogen-bond acceptors (Lipinski definition) is 3. The van der Waals surface area contributed by atoms with Gasteiger partial charge in [0, 0.05) is 4.47 Å². The molecule has 1 saturated heterocycles. The number of anilines is 2. The summed E-state index contributed by atoms with van der Waals surface area (Å²) >= 11 is 3.52. The standard InChI is InChI=1S/C20H18BrN3/c21-17-13-11-16(12-14-17)20-22-15-23(18-7-3-1-4-8-18)24(20)19-9-5-2-6-10-19/h1-14,20,22H,15H2. The van der Waals surface area contributed by atoms with E-state index >= 15 is 0 Å². The van der Waals surface area contributed by atoms with Crippen LogP contribution in [0.25, 0.3) is 0 Å². The first-order valence-corrected chi connectivity index (χ1v) is 8.78. The van der Waals surface area contributed by atoms with Crippen molar-refractivity contribution in [2.45, 2.75) is 6.17 Å². The smallest absolute Gasteiger partial charge is 0.127 e. The zero-order chi connectivity index (χ0) is 16.4. The second-order valence-electron chi connectivity index (χ2n) is 5.73. The summed E-state index contributed by atoms with van der Waals surface area (Å²) in [5.41, 5.74) is 3.58. The molecule has 3 nitrogen and oxygen atoms in total. The fourth-order valence-electron chi connectivity index (χ4n) is 3.06. The van der Waals surface area contributed by atoms with E-state index in [-0.39, 0.29) is 6.17 Å². The van der Waals surface area contributed by atoms with Gasteiger partial charge in [0.25, 0.3) is 0 Å². The van der Waals surface area contributed by atoms with Crippen molar-refractivity contribution < 1.29 is 0 Å². The second kappa shape index (κ2) is 6.67. The van der Waals surface area contributed by atoms with Crippen molar-refractivity contribution in [3.05, 3.63) is 95.0 Å². The van der Waals surface area contributed by atoms with Crippen LogP contribution in [0.2, 0.25) is 0 Å². The zero-order valence-electron chi connectivity index (χ0n) is 13.1. The average molecular weight is 380 g/mol. The highest BCUT2D eigenvalue weighted by atomic mass is 79.9. The normalized spacial score (nSPS) is 17.3. The maximum atomic E-state index is 3.63. The molecule has 1 aliphatic rings. The van der Waals surface area contributed by atoms with Crippen LogP contribution < -0.4 is 15.3 Å². The molecule has 0 saturated carbocycles. The van der Waals surface area contributed by atoms with Crippen molar-refractivity contribution in [3.63, 3.8) is 0 Å². The summed E-state index contributed by atoms with van der Waals surface area (Å²) in [6.07, 6.45) is 0.0979. The Bertz CT molecular complexity index is 790. The maximum absolute atomic E-state index is 3.63. The fourth-order valence-corrected chi connectivity index (χ4v) is 3.33. The van der Waals surface area contributed by atoms with E-state index in [1.54, 1.807) is 0 Å². The van der Waals surface area contributed by atoms with Crippen LogP contribution in [-0.4, -0.2) is 6.67 Å². The van der Waals surface area contributed by atoms with Gasteiger partial charge in [-0.3, -0.25) is 15.3 Å².